The molecule has 0 saturated carbocycles. The Bertz CT molecular complexity index is 1150. The highest BCUT2D eigenvalue weighted by Crippen LogP contribution is 2.38. The topological polar surface area (TPSA) is 35.3 Å². The Kier molecular flexibility index (Phi) is 5.89. The van der Waals surface area contributed by atoms with Crippen LogP contribution in [0.2, 0.25) is 0 Å². The van der Waals surface area contributed by atoms with E-state index < -0.39 is 0 Å². The number of aromatic nitrogens is 1. The molecule has 0 N–H and O–H groups in total. The molecule has 0 spiro atoms. The lowest BCUT2D eigenvalue weighted by Gasteiger charge is -2.20. The average Bonchev–Trinajstić information content (AvgIpc) is 3.31. The van der Waals surface area contributed by atoms with E-state index in [0.717, 1.165) is 53.5 Å². The van der Waals surface area contributed by atoms with Crippen LogP contribution in [0.15, 0.2) is 95.4 Å². The lowest BCUT2D eigenvalue weighted by molar-refractivity contribution is 0.413. The summed E-state index contributed by atoms with van der Waals surface area (Å²) in [6, 6.07) is 28.9. The predicted molar refractivity (Wildman–Crippen MR) is 129 cm³/mol. The largest absolute Gasteiger partial charge is 0.497 e. The van der Waals surface area contributed by atoms with Crippen molar-refractivity contribution in [2.75, 3.05) is 7.11 Å². The zero-order chi connectivity index (χ0) is 21.8. The lowest BCUT2D eigenvalue weighted by atomic mass is 9.86. The summed E-state index contributed by atoms with van der Waals surface area (Å²) >= 11 is 0. The van der Waals surface area contributed by atoms with Gasteiger partial charge in [-0.1, -0.05) is 78.9 Å². The Balaban J connectivity index is 1.49. The van der Waals surface area contributed by atoms with E-state index in [1.807, 2.05) is 42.5 Å². The van der Waals surface area contributed by atoms with Crippen LogP contribution in [-0.4, -0.2) is 12.1 Å². The van der Waals surface area contributed by atoms with Crippen LogP contribution in [0.4, 0.5) is 0 Å². The van der Waals surface area contributed by atoms with Gasteiger partial charge < -0.3 is 9.15 Å². The molecule has 3 aromatic carbocycles. The molecule has 1 heterocycles. The second-order valence-corrected chi connectivity index (χ2v) is 8.33. The first-order valence-electron chi connectivity index (χ1n) is 11.3. The molecule has 3 nitrogen and oxygen atoms in total. The fraction of sp³-hybridized carbons (Fsp3) is 0.207. The molecule has 1 unspecified atom stereocenters. The third-order valence-electron chi connectivity index (χ3n) is 6.08. The van der Waals surface area contributed by atoms with Gasteiger partial charge >= 0.3 is 0 Å². The standard InChI is InChI=1S/C29H27NO2/c1-31-26-17-9-11-22(20-26)18-21-10-8-16-25(19-21)29-30-27(23-12-4-2-5-13-23)28(32-29)24-14-6-3-7-15-24/h2-7,9,11-15,17,19-21H,8,10,16,18H2,1H3. The molecule has 1 aromatic heterocycles. The molecule has 0 aliphatic heterocycles. The Morgan fingerprint density at radius 2 is 1.66 bits per heavy atom. The molecule has 1 aliphatic rings. The summed E-state index contributed by atoms with van der Waals surface area (Å²) in [7, 11) is 1.72. The second kappa shape index (κ2) is 9.27. The fourth-order valence-corrected chi connectivity index (χ4v) is 4.48. The van der Waals surface area contributed by atoms with Crippen LogP contribution in [0.25, 0.3) is 28.2 Å². The van der Waals surface area contributed by atoms with Gasteiger partial charge in [-0.05, 0) is 49.3 Å². The summed E-state index contributed by atoms with van der Waals surface area (Å²) in [5.41, 5.74) is 5.54. The molecule has 0 fully saturated rings. The Morgan fingerprint density at radius 3 is 2.41 bits per heavy atom. The van der Waals surface area contributed by atoms with Gasteiger partial charge in [-0.3, -0.25) is 0 Å². The smallest absolute Gasteiger partial charge is 0.222 e. The van der Waals surface area contributed by atoms with E-state index in [1.54, 1.807) is 7.11 Å². The number of hydrogen-bond acceptors (Lipinski definition) is 3. The maximum absolute atomic E-state index is 6.43. The highest BCUT2D eigenvalue weighted by Gasteiger charge is 2.22. The summed E-state index contributed by atoms with van der Waals surface area (Å²) in [4.78, 5) is 4.99. The van der Waals surface area contributed by atoms with Gasteiger partial charge in [0, 0.05) is 16.7 Å². The van der Waals surface area contributed by atoms with E-state index in [0.29, 0.717) is 5.92 Å². The van der Waals surface area contributed by atoms with E-state index in [1.165, 1.54) is 17.6 Å². The first-order valence-corrected chi connectivity index (χ1v) is 11.3. The molecule has 32 heavy (non-hydrogen) atoms. The maximum atomic E-state index is 6.43. The van der Waals surface area contributed by atoms with Crippen molar-refractivity contribution in [1.82, 2.24) is 4.98 Å². The quantitative estimate of drug-likeness (QED) is 0.324. The van der Waals surface area contributed by atoms with Gasteiger partial charge in [0.1, 0.15) is 11.4 Å². The minimum atomic E-state index is 0.470. The lowest BCUT2D eigenvalue weighted by Crippen LogP contribution is -2.08. The summed E-state index contributed by atoms with van der Waals surface area (Å²) < 4.78 is 11.8. The SMILES string of the molecule is COc1cccc(CC2C=C(c3nc(-c4ccccc4)c(-c4ccccc4)o3)CCC2)c1. The Morgan fingerprint density at radius 1 is 0.906 bits per heavy atom. The van der Waals surface area contributed by atoms with Crippen molar-refractivity contribution >= 4 is 5.57 Å². The van der Waals surface area contributed by atoms with Gasteiger partial charge in [0.15, 0.2) is 5.76 Å². The molecule has 0 radical (unpaired) electrons. The van der Waals surface area contributed by atoms with Crippen LogP contribution in [0.1, 0.15) is 30.7 Å². The highest BCUT2D eigenvalue weighted by atomic mass is 16.5. The molecule has 3 heteroatoms. The molecular formula is C29H27NO2. The van der Waals surface area contributed by atoms with Gasteiger partial charge in [0.25, 0.3) is 0 Å². The van der Waals surface area contributed by atoms with Crippen molar-refractivity contribution in [3.05, 3.63) is 102 Å². The van der Waals surface area contributed by atoms with Crippen LogP contribution in [0.3, 0.4) is 0 Å². The number of allylic oxidation sites excluding steroid dienone is 2. The van der Waals surface area contributed by atoms with Gasteiger partial charge in [-0.25, -0.2) is 4.98 Å². The minimum Gasteiger partial charge on any atom is -0.497 e. The zero-order valence-electron chi connectivity index (χ0n) is 18.3. The number of benzene rings is 3. The minimum absolute atomic E-state index is 0.470. The van der Waals surface area contributed by atoms with E-state index in [2.05, 4.69) is 48.5 Å². The van der Waals surface area contributed by atoms with Crippen LogP contribution < -0.4 is 4.74 Å². The molecule has 1 aliphatic carbocycles. The van der Waals surface area contributed by atoms with Gasteiger partial charge in [0.2, 0.25) is 5.89 Å². The monoisotopic (exact) mass is 421 g/mol. The van der Waals surface area contributed by atoms with Crippen molar-refractivity contribution in [1.29, 1.82) is 0 Å². The number of nitrogens with zero attached hydrogens (tertiary/aromatic N) is 1. The van der Waals surface area contributed by atoms with Crippen molar-refractivity contribution in [3.8, 4) is 28.3 Å². The molecule has 5 rings (SSSR count). The second-order valence-electron chi connectivity index (χ2n) is 8.33. The third-order valence-corrected chi connectivity index (χ3v) is 6.08. The van der Waals surface area contributed by atoms with Crippen molar-refractivity contribution in [2.45, 2.75) is 25.7 Å². The van der Waals surface area contributed by atoms with Crippen LogP contribution in [-0.2, 0) is 6.42 Å². The maximum Gasteiger partial charge on any atom is 0.222 e. The van der Waals surface area contributed by atoms with Crippen LogP contribution in [0, 0.1) is 5.92 Å². The third kappa shape index (κ3) is 4.38. The van der Waals surface area contributed by atoms with Crippen molar-refractivity contribution in [2.24, 2.45) is 5.92 Å². The van der Waals surface area contributed by atoms with E-state index in [-0.39, 0.29) is 0 Å². The molecule has 1 atom stereocenters. The summed E-state index contributed by atoms with van der Waals surface area (Å²) in [5, 5.41) is 0. The fourth-order valence-electron chi connectivity index (χ4n) is 4.48. The molecule has 0 saturated heterocycles. The number of oxazole rings is 1. The average molecular weight is 422 g/mol. The Labute approximate surface area is 189 Å². The molecule has 4 aromatic rings. The number of hydrogen-bond donors (Lipinski definition) is 0. The van der Waals surface area contributed by atoms with Gasteiger partial charge in [-0.15, -0.1) is 0 Å². The molecule has 160 valence electrons. The van der Waals surface area contributed by atoms with Crippen molar-refractivity contribution in [3.63, 3.8) is 0 Å². The van der Waals surface area contributed by atoms with E-state index >= 15 is 0 Å². The van der Waals surface area contributed by atoms with E-state index in [9.17, 15) is 0 Å². The predicted octanol–water partition coefficient (Wildman–Crippen LogP) is 7.44. The summed E-state index contributed by atoms with van der Waals surface area (Å²) in [6.07, 6.45) is 6.69. The van der Waals surface area contributed by atoms with Crippen LogP contribution in [0.5, 0.6) is 5.75 Å². The van der Waals surface area contributed by atoms with Gasteiger partial charge in [0.05, 0.1) is 7.11 Å². The number of ether oxygens (including phenoxy) is 1. The molecule has 0 bridgehead atoms. The summed E-state index contributed by atoms with van der Waals surface area (Å²) in [5.74, 6) is 2.97. The summed E-state index contributed by atoms with van der Waals surface area (Å²) in [6.45, 7) is 0. The zero-order valence-corrected chi connectivity index (χ0v) is 18.3. The van der Waals surface area contributed by atoms with E-state index in [4.69, 9.17) is 14.1 Å². The number of rotatable bonds is 6. The first kappa shape index (κ1) is 20.3. The molecule has 0 amide bonds. The first-order chi connectivity index (χ1) is 15.8. The van der Waals surface area contributed by atoms with Gasteiger partial charge in [-0.2, -0.15) is 0 Å². The normalized spacial score (nSPS) is 15.9. The molecular weight excluding hydrogens is 394 g/mol. The highest BCUT2D eigenvalue weighted by molar-refractivity contribution is 5.78. The van der Waals surface area contributed by atoms with Crippen molar-refractivity contribution < 1.29 is 9.15 Å². The number of methoxy groups -OCH3 is 1. The Hall–Kier alpha value is -3.59. The van der Waals surface area contributed by atoms with Crippen LogP contribution >= 0.6 is 0 Å².